The number of alkyl halides is 1. The fourth-order valence-electron chi connectivity index (χ4n) is 0.849. The van der Waals surface area contributed by atoms with Crippen molar-refractivity contribution < 1.29 is 9.18 Å². The number of carbonyl (C=O) groups excluding carboxylic acids is 1. The fourth-order valence-corrected chi connectivity index (χ4v) is 2.03. The molecule has 0 fully saturated rings. The molecule has 1 rings (SSSR count). The molecule has 0 aliphatic rings. The number of hydrogen-bond donors (Lipinski definition) is 0. The summed E-state index contributed by atoms with van der Waals surface area (Å²) < 4.78 is 14.2. The summed E-state index contributed by atoms with van der Waals surface area (Å²) in [5.41, 5.74) is 0.0602. The van der Waals surface area contributed by atoms with Crippen LogP contribution in [0.2, 0.25) is 0 Å². The van der Waals surface area contributed by atoms with Crippen LogP contribution >= 0.6 is 50.1 Å². The summed E-state index contributed by atoms with van der Waals surface area (Å²) in [5, 5.41) is 0. The summed E-state index contributed by atoms with van der Waals surface area (Å²) in [5.74, 6) is -1.15. The van der Waals surface area contributed by atoms with E-state index in [1.165, 1.54) is 0 Å². The molecule has 0 amide bonds. The summed E-state index contributed by atoms with van der Waals surface area (Å²) >= 11 is 10.3. The van der Waals surface area contributed by atoms with Crippen molar-refractivity contribution in [2.75, 3.05) is 5.88 Å². The molecule has 0 aromatic heterocycles. The van der Waals surface area contributed by atoms with Crippen LogP contribution in [0, 0.1) is 9.39 Å². The van der Waals surface area contributed by atoms with Gasteiger partial charge in [-0.2, -0.15) is 0 Å². The van der Waals surface area contributed by atoms with Crippen molar-refractivity contribution in [1.82, 2.24) is 0 Å². The van der Waals surface area contributed by atoms with E-state index in [0.717, 1.165) is 0 Å². The van der Waals surface area contributed by atoms with Gasteiger partial charge in [0.25, 0.3) is 0 Å². The van der Waals surface area contributed by atoms with Gasteiger partial charge in [-0.1, -0.05) is 0 Å². The molecule has 1 nitrogen and oxygen atoms in total. The summed E-state index contributed by atoms with van der Waals surface area (Å²) in [4.78, 5) is 11.2. The predicted octanol–water partition coefficient (Wildman–Crippen LogP) is 3.61. The lowest BCUT2D eigenvalue weighted by molar-refractivity contribution is 0.101. The summed E-state index contributed by atoms with van der Waals surface area (Å²) in [6.07, 6.45) is 0. The molecular weight excluding hydrogens is 373 g/mol. The van der Waals surface area contributed by atoms with E-state index in [1.54, 1.807) is 12.1 Å². The molecule has 0 spiro atoms. The molecule has 5 heteroatoms. The number of rotatable bonds is 2. The van der Waals surface area contributed by atoms with Crippen molar-refractivity contribution in [2.24, 2.45) is 0 Å². The first-order chi connectivity index (χ1) is 6.07. The second kappa shape index (κ2) is 4.70. The van der Waals surface area contributed by atoms with Crippen LogP contribution in [0.25, 0.3) is 0 Å². The lowest BCUT2D eigenvalue weighted by Crippen LogP contribution is -2.06. The van der Waals surface area contributed by atoms with E-state index in [-0.39, 0.29) is 15.9 Å². The molecule has 0 saturated heterocycles. The molecule has 0 bridgehead atoms. The highest BCUT2D eigenvalue weighted by Crippen LogP contribution is 2.24. The van der Waals surface area contributed by atoms with Crippen molar-refractivity contribution in [3.8, 4) is 0 Å². The molecule has 70 valence electrons. The normalized spacial score (nSPS) is 10.2. The van der Waals surface area contributed by atoms with E-state index in [0.29, 0.717) is 3.57 Å². The zero-order valence-corrected chi connectivity index (χ0v) is 10.8. The van der Waals surface area contributed by atoms with Crippen molar-refractivity contribution >= 4 is 55.9 Å². The fraction of sp³-hybridized carbons (Fsp3) is 0.125. The SMILES string of the molecule is O=C(CCl)c1c(I)ccc(Br)c1F. The molecule has 0 heterocycles. The van der Waals surface area contributed by atoms with Gasteiger partial charge in [-0.15, -0.1) is 11.6 Å². The monoisotopic (exact) mass is 376 g/mol. The average molecular weight is 377 g/mol. The molecule has 0 aliphatic heterocycles. The van der Waals surface area contributed by atoms with Gasteiger partial charge in [-0.25, -0.2) is 4.39 Å². The first-order valence-electron chi connectivity index (χ1n) is 3.30. The van der Waals surface area contributed by atoms with Gasteiger partial charge < -0.3 is 0 Å². The minimum Gasteiger partial charge on any atom is -0.293 e. The van der Waals surface area contributed by atoms with Gasteiger partial charge in [-0.3, -0.25) is 4.79 Å². The molecule has 1 aromatic rings. The van der Waals surface area contributed by atoms with Crippen LogP contribution < -0.4 is 0 Å². The third-order valence-electron chi connectivity index (χ3n) is 1.44. The highest BCUT2D eigenvalue weighted by atomic mass is 127. The van der Waals surface area contributed by atoms with Crippen LogP contribution in [-0.4, -0.2) is 11.7 Å². The van der Waals surface area contributed by atoms with Crippen molar-refractivity contribution in [3.05, 3.63) is 31.6 Å². The summed E-state index contributed by atoms with van der Waals surface area (Å²) in [6, 6.07) is 3.22. The Labute approximate surface area is 102 Å². The second-order valence-corrected chi connectivity index (χ2v) is 4.56. The van der Waals surface area contributed by atoms with Crippen molar-refractivity contribution in [2.45, 2.75) is 0 Å². The Kier molecular flexibility index (Phi) is 4.12. The number of carbonyl (C=O) groups is 1. The van der Waals surface area contributed by atoms with E-state index in [4.69, 9.17) is 11.6 Å². The Hall–Kier alpha value is 0.320. The van der Waals surface area contributed by atoms with Gasteiger partial charge in [0, 0.05) is 3.57 Å². The Balaban J connectivity index is 3.33. The zero-order valence-electron chi connectivity index (χ0n) is 6.28. The third-order valence-corrected chi connectivity index (χ3v) is 3.20. The van der Waals surface area contributed by atoms with Gasteiger partial charge in [0.05, 0.1) is 15.9 Å². The first kappa shape index (κ1) is 11.4. The van der Waals surface area contributed by atoms with Crippen LogP contribution in [0.5, 0.6) is 0 Å². The van der Waals surface area contributed by atoms with Gasteiger partial charge in [0.2, 0.25) is 0 Å². The number of Topliss-reactive ketones (excluding diaryl/α,β-unsaturated/α-hetero) is 1. The molecule has 0 saturated carbocycles. The van der Waals surface area contributed by atoms with Crippen molar-refractivity contribution in [1.29, 1.82) is 0 Å². The van der Waals surface area contributed by atoms with E-state index in [2.05, 4.69) is 15.9 Å². The van der Waals surface area contributed by atoms with Crippen LogP contribution in [0.4, 0.5) is 4.39 Å². The Morgan fingerprint density at radius 1 is 1.62 bits per heavy atom. The lowest BCUT2D eigenvalue weighted by atomic mass is 10.1. The highest BCUT2D eigenvalue weighted by molar-refractivity contribution is 14.1. The molecule has 1 aromatic carbocycles. The summed E-state index contributed by atoms with van der Waals surface area (Å²) in [7, 11) is 0. The quantitative estimate of drug-likeness (QED) is 0.333. The Morgan fingerprint density at radius 2 is 2.23 bits per heavy atom. The van der Waals surface area contributed by atoms with Gasteiger partial charge >= 0.3 is 0 Å². The zero-order chi connectivity index (χ0) is 10.0. The van der Waals surface area contributed by atoms with E-state index in [9.17, 15) is 9.18 Å². The number of ketones is 1. The minimum atomic E-state index is -0.544. The highest BCUT2D eigenvalue weighted by Gasteiger charge is 2.16. The smallest absolute Gasteiger partial charge is 0.181 e. The van der Waals surface area contributed by atoms with Gasteiger partial charge in [0.1, 0.15) is 5.82 Å². The standard InChI is InChI=1S/C8H4BrClFIO/c9-4-1-2-5(12)7(8(4)11)6(13)3-10/h1-2H,3H2. The van der Waals surface area contributed by atoms with Crippen LogP contribution in [-0.2, 0) is 0 Å². The molecule has 13 heavy (non-hydrogen) atoms. The molecular formula is C8H4BrClFIO. The minimum absolute atomic E-state index is 0.0602. The number of halogens is 4. The van der Waals surface area contributed by atoms with E-state index < -0.39 is 11.6 Å². The van der Waals surface area contributed by atoms with Gasteiger partial charge in [0.15, 0.2) is 5.78 Å². The molecule has 0 unspecified atom stereocenters. The second-order valence-electron chi connectivity index (χ2n) is 2.27. The van der Waals surface area contributed by atoms with Crippen molar-refractivity contribution in [3.63, 3.8) is 0 Å². The number of hydrogen-bond acceptors (Lipinski definition) is 1. The third kappa shape index (κ3) is 2.41. The average Bonchev–Trinajstić information content (AvgIpc) is 2.12. The van der Waals surface area contributed by atoms with Crippen LogP contribution in [0.1, 0.15) is 10.4 Å². The van der Waals surface area contributed by atoms with Crippen LogP contribution in [0.3, 0.4) is 0 Å². The molecule has 0 atom stereocenters. The maximum atomic E-state index is 13.4. The van der Waals surface area contributed by atoms with E-state index >= 15 is 0 Å². The predicted molar refractivity (Wildman–Crippen MR) is 61.9 cm³/mol. The summed E-state index contributed by atoms with van der Waals surface area (Å²) in [6.45, 7) is 0. The first-order valence-corrected chi connectivity index (χ1v) is 5.71. The lowest BCUT2D eigenvalue weighted by Gasteiger charge is -2.04. The van der Waals surface area contributed by atoms with E-state index in [1.807, 2.05) is 22.6 Å². The van der Waals surface area contributed by atoms with Crippen LogP contribution in [0.15, 0.2) is 16.6 Å². The largest absolute Gasteiger partial charge is 0.293 e. The van der Waals surface area contributed by atoms with Gasteiger partial charge in [-0.05, 0) is 50.7 Å². The maximum Gasteiger partial charge on any atom is 0.181 e. The maximum absolute atomic E-state index is 13.4. The Morgan fingerprint density at radius 3 is 2.77 bits per heavy atom. The molecule has 0 radical (unpaired) electrons. The molecule has 0 aliphatic carbocycles. The Bertz CT molecular complexity index is 356. The molecule has 0 N–H and O–H groups in total. The topological polar surface area (TPSA) is 17.1 Å². The number of benzene rings is 1.